The number of fused-ring (bicyclic) bond motifs is 2. The van der Waals surface area contributed by atoms with Gasteiger partial charge in [0.2, 0.25) is 12.7 Å². The highest BCUT2D eigenvalue weighted by molar-refractivity contribution is 5.91. The van der Waals surface area contributed by atoms with Crippen molar-refractivity contribution in [1.82, 2.24) is 19.3 Å². The van der Waals surface area contributed by atoms with Gasteiger partial charge in [-0.25, -0.2) is 9.67 Å². The van der Waals surface area contributed by atoms with E-state index in [4.69, 9.17) is 9.47 Å². The van der Waals surface area contributed by atoms with E-state index in [1.165, 1.54) is 17.1 Å². The maximum Gasteiger partial charge on any atom is 0.264 e. The summed E-state index contributed by atoms with van der Waals surface area (Å²) in [4.78, 5) is 29.6. The second-order valence-corrected chi connectivity index (χ2v) is 6.92. The highest BCUT2D eigenvalue weighted by Crippen LogP contribution is 2.34. The molecule has 30 heavy (non-hydrogen) atoms. The molecule has 0 aliphatic carbocycles. The largest absolute Gasteiger partial charge is 0.454 e. The van der Waals surface area contributed by atoms with Crippen LogP contribution >= 0.6 is 0 Å². The average Bonchev–Trinajstić information content (AvgIpc) is 3.37. The molecule has 2 aromatic carbocycles. The van der Waals surface area contributed by atoms with Gasteiger partial charge in [-0.1, -0.05) is 17.7 Å². The van der Waals surface area contributed by atoms with E-state index >= 15 is 0 Å². The van der Waals surface area contributed by atoms with Crippen LogP contribution in [0.4, 0.5) is 5.69 Å². The molecule has 0 radical (unpaired) electrons. The van der Waals surface area contributed by atoms with Gasteiger partial charge in [0, 0.05) is 11.8 Å². The van der Waals surface area contributed by atoms with Crippen LogP contribution in [-0.2, 0) is 11.3 Å². The summed E-state index contributed by atoms with van der Waals surface area (Å²) in [6.45, 7) is 1.98. The van der Waals surface area contributed by atoms with Gasteiger partial charge < -0.3 is 14.8 Å². The summed E-state index contributed by atoms with van der Waals surface area (Å²) >= 11 is 0. The molecule has 5 rings (SSSR count). The Labute approximate surface area is 170 Å². The Kier molecular flexibility index (Phi) is 4.20. The number of hydrogen-bond donors (Lipinski definition) is 1. The number of amides is 1. The Morgan fingerprint density at radius 2 is 1.93 bits per heavy atom. The zero-order valence-corrected chi connectivity index (χ0v) is 16.0. The smallest absolute Gasteiger partial charge is 0.264 e. The molecule has 1 N–H and O–H groups in total. The van der Waals surface area contributed by atoms with Crippen molar-refractivity contribution in [3.05, 3.63) is 70.9 Å². The number of hydrogen-bond acceptors (Lipinski definition) is 6. The highest BCUT2D eigenvalue weighted by atomic mass is 16.7. The van der Waals surface area contributed by atoms with Gasteiger partial charge in [-0.15, -0.1) is 0 Å². The standard InChI is InChI=1S/C21H17N5O4/c1-13-2-5-15(6-3-13)26-20-16(9-23-26)21(28)25(11-22-20)10-19(27)24-14-4-7-17-18(8-14)30-12-29-17/h2-9,11H,10,12H2,1H3,(H,24,27). The van der Waals surface area contributed by atoms with Crippen molar-refractivity contribution >= 4 is 22.6 Å². The Bertz CT molecular complexity index is 1320. The number of carbonyl (C=O) groups is 1. The van der Waals surface area contributed by atoms with E-state index in [0.29, 0.717) is 28.2 Å². The van der Waals surface area contributed by atoms with Crippen molar-refractivity contribution in [1.29, 1.82) is 0 Å². The SMILES string of the molecule is Cc1ccc(-n2ncc3c(=O)n(CC(=O)Nc4ccc5c(c4)OCO5)cnc32)cc1. The predicted molar refractivity (Wildman–Crippen MR) is 109 cm³/mol. The third-order valence-corrected chi connectivity index (χ3v) is 4.80. The third kappa shape index (κ3) is 3.16. The summed E-state index contributed by atoms with van der Waals surface area (Å²) in [5.41, 5.74) is 2.59. The van der Waals surface area contributed by atoms with Crippen LogP contribution in [0.25, 0.3) is 16.7 Å². The highest BCUT2D eigenvalue weighted by Gasteiger charge is 2.16. The van der Waals surface area contributed by atoms with Crippen molar-refractivity contribution in [3.8, 4) is 17.2 Å². The van der Waals surface area contributed by atoms with E-state index in [-0.39, 0.29) is 24.8 Å². The number of rotatable bonds is 4. The van der Waals surface area contributed by atoms with Gasteiger partial charge in [0.25, 0.3) is 5.56 Å². The number of nitrogens with one attached hydrogen (secondary N) is 1. The molecule has 0 saturated carbocycles. The first-order valence-corrected chi connectivity index (χ1v) is 9.28. The number of aromatic nitrogens is 4. The van der Waals surface area contributed by atoms with Crippen LogP contribution in [0, 0.1) is 6.92 Å². The van der Waals surface area contributed by atoms with Crippen LogP contribution in [0.3, 0.4) is 0 Å². The molecule has 0 saturated heterocycles. The molecule has 3 heterocycles. The topological polar surface area (TPSA) is 100 Å². The normalized spacial score (nSPS) is 12.3. The average molecular weight is 403 g/mol. The molecule has 0 bridgehead atoms. The monoisotopic (exact) mass is 403 g/mol. The van der Waals surface area contributed by atoms with Crippen LogP contribution in [0.15, 0.2) is 59.8 Å². The first-order valence-electron chi connectivity index (χ1n) is 9.28. The molecule has 0 spiro atoms. The molecular formula is C21H17N5O4. The first-order chi connectivity index (χ1) is 14.6. The lowest BCUT2D eigenvalue weighted by molar-refractivity contribution is -0.116. The zero-order chi connectivity index (χ0) is 20.7. The lowest BCUT2D eigenvalue weighted by atomic mass is 10.2. The lowest BCUT2D eigenvalue weighted by Crippen LogP contribution is -2.27. The maximum atomic E-state index is 12.8. The van der Waals surface area contributed by atoms with E-state index in [9.17, 15) is 9.59 Å². The summed E-state index contributed by atoms with van der Waals surface area (Å²) in [5.74, 6) is 0.837. The van der Waals surface area contributed by atoms with E-state index in [0.717, 1.165) is 11.3 Å². The van der Waals surface area contributed by atoms with Gasteiger partial charge in [0.15, 0.2) is 17.1 Å². The minimum Gasteiger partial charge on any atom is -0.454 e. The Balaban J connectivity index is 1.38. The van der Waals surface area contributed by atoms with Gasteiger partial charge in [-0.05, 0) is 31.2 Å². The number of aryl methyl sites for hydroxylation is 1. The fourth-order valence-corrected chi connectivity index (χ4v) is 3.27. The molecule has 0 fully saturated rings. The quantitative estimate of drug-likeness (QED) is 0.561. The van der Waals surface area contributed by atoms with Gasteiger partial charge in [-0.3, -0.25) is 14.2 Å². The summed E-state index contributed by atoms with van der Waals surface area (Å²) in [6, 6.07) is 12.9. The first kappa shape index (κ1) is 17.9. The van der Waals surface area contributed by atoms with Gasteiger partial charge in [-0.2, -0.15) is 5.10 Å². The number of nitrogens with zero attached hydrogens (tertiary/aromatic N) is 4. The summed E-state index contributed by atoms with van der Waals surface area (Å²) in [6.07, 6.45) is 2.83. The third-order valence-electron chi connectivity index (χ3n) is 4.80. The molecule has 1 amide bonds. The van der Waals surface area contributed by atoms with Crippen LogP contribution < -0.4 is 20.3 Å². The molecule has 9 heteroatoms. The summed E-state index contributed by atoms with van der Waals surface area (Å²) < 4.78 is 13.4. The number of anilines is 1. The van der Waals surface area contributed by atoms with Gasteiger partial charge in [0.05, 0.1) is 11.9 Å². The number of ether oxygens (including phenoxy) is 2. The van der Waals surface area contributed by atoms with Crippen molar-refractivity contribution in [2.24, 2.45) is 0 Å². The van der Waals surface area contributed by atoms with Crippen LogP contribution in [0.1, 0.15) is 5.56 Å². The second kappa shape index (κ2) is 7.03. The maximum absolute atomic E-state index is 12.8. The molecular weight excluding hydrogens is 386 g/mol. The molecule has 0 atom stereocenters. The predicted octanol–water partition coefficient (Wildman–Crippen LogP) is 2.26. The van der Waals surface area contributed by atoms with Gasteiger partial charge >= 0.3 is 0 Å². The van der Waals surface area contributed by atoms with Crippen molar-refractivity contribution < 1.29 is 14.3 Å². The van der Waals surface area contributed by atoms with E-state index in [1.54, 1.807) is 22.9 Å². The lowest BCUT2D eigenvalue weighted by Gasteiger charge is -2.08. The zero-order valence-electron chi connectivity index (χ0n) is 16.0. The molecule has 1 aliphatic rings. The van der Waals surface area contributed by atoms with Crippen molar-refractivity contribution in [2.45, 2.75) is 13.5 Å². The van der Waals surface area contributed by atoms with E-state index in [1.807, 2.05) is 31.2 Å². The second-order valence-electron chi connectivity index (χ2n) is 6.92. The molecule has 2 aromatic heterocycles. The summed E-state index contributed by atoms with van der Waals surface area (Å²) in [7, 11) is 0. The molecule has 150 valence electrons. The fourth-order valence-electron chi connectivity index (χ4n) is 3.27. The van der Waals surface area contributed by atoms with Crippen LogP contribution in [0.5, 0.6) is 11.5 Å². The Morgan fingerprint density at radius 1 is 1.13 bits per heavy atom. The van der Waals surface area contributed by atoms with Gasteiger partial charge in [0.1, 0.15) is 18.3 Å². The molecule has 4 aromatic rings. The number of benzene rings is 2. The van der Waals surface area contributed by atoms with E-state index in [2.05, 4.69) is 15.4 Å². The number of carbonyl (C=O) groups excluding carboxylic acids is 1. The molecule has 9 nitrogen and oxygen atoms in total. The molecule has 0 unspecified atom stereocenters. The van der Waals surface area contributed by atoms with Crippen LogP contribution in [-0.4, -0.2) is 32.0 Å². The minimum absolute atomic E-state index is 0.157. The summed E-state index contributed by atoms with van der Waals surface area (Å²) in [5, 5.41) is 7.38. The Morgan fingerprint density at radius 3 is 2.77 bits per heavy atom. The Hall–Kier alpha value is -4.14. The van der Waals surface area contributed by atoms with E-state index < -0.39 is 0 Å². The minimum atomic E-state index is -0.358. The van der Waals surface area contributed by atoms with Crippen molar-refractivity contribution in [2.75, 3.05) is 12.1 Å². The van der Waals surface area contributed by atoms with Crippen molar-refractivity contribution in [3.63, 3.8) is 0 Å². The fraction of sp³-hybridized carbons (Fsp3) is 0.143. The molecule has 1 aliphatic heterocycles. The van der Waals surface area contributed by atoms with Crippen LogP contribution in [0.2, 0.25) is 0 Å².